The van der Waals surface area contributed by atoms with E-state index in [-0.39, 0.29) is 0 Å². The maximum Gasteiger partial charge on any atom is 0.123 e. The summed E-state index contributed by atoms with van der Waals surface area (Å²) in [5.74, 6) is 1.86. The molecule has 4 heteroatoms. The molecule has 0 aromatic heterocycles. The molecule has 21 heavy (non-hydrogen) atoms. The summed E-state index contributed by atoms with van der Waals surface area (Å²) in [5, 5.41) is 0. The quantitative estimate of drug-likeness (QED) is 0.850. The van der Waals surface area contributed by atoms with E-state index >= 15 is 0 Å². The highest BCUT2D eigenvalue weighted by Gasteiger charge is 2.34. The van der Waals surface area contributed by atoms with Crippen molar-refractivity contribution in [3.05, 3.63) is 23.8 Å². The van der Waals surface area contributed by atoms with Gasteiger partial charge >= 0.3 is 0 Å². The van der Waals surface area contributed by atoms with Crippen LogP contribution < -0.4 is 9.47 Å². The van der Waals surface area contributed by atoms with Crippen molar-refractivity contribution in [3.8, 4) is 11.5 Å². The van der Waals surface area contributed by atoms with Crippen LogP contribution in [0.2, 0.25) is 0 Å². The van der Waals surface area contributed by atoms with E-state index in [0.717, 1.165) is 24.1 Å². The fraction of sp³-hybridized carbons (Fsp3) is 0.647. The summed E-state index contributed by atoms with van der Waals surface area (Å²) in [6.07, 6.45) is 2.70. The van der Waals surface area contributed by atoms with Gasteiger partial charge in [-0.15, -0.1) is 0 Å². The standard InChI is InChI=1S/C17H26N2O2/c1-13-10-18-8-4-5-15(18)12-19(13)11-14-9-16(20-2)6-7-17(14)21-3/h6-7,9,13,15H,4-5,8,10-12H2,1-3H3/t13-,15+/m0/s1. The Balaban J connectivity index is 1.76. The fourth-order valence-corrected chi connectivity index (χ4v) is 3.69. The van der Waals surface area contributed by atoms with Gasteiger partial charge in [-0.1, -0.05) is 0 Å². The molecule has 0 bridgehead atoms. The summed E-state index contributed by atoms with van der Waals surface area (Å²) in [5.41, 5.74) is 1.22. The number of rotatable bonds is 4. The minimum atomic E-state index is 0.593. The third kappa shape index (κ3) is 3.01. The Bertz CT molecular complexity index is 492. The van der Waals surface area contributed by atoms with Crippen molar-refractivity contribution in [1.82, 2.24) is 9.80 Å². The lowest BCUT2D eigenvalue weighted by Gasteiger charge is -2.42. The molecule has 2 aliphatic rings. The summed E-state index contributed by atoms with van der Waals surface area (Å²) >= 11 is 0. The zero-order valence-electron chi connectivity index (χ0n) is 13.3. The van der Waals surface area contributed by atoms with Gasteiger partial charge < -0.3 is 9.47 Å². The van der Waals surface area contributed by atoms with Crippen molar-refractivity contribution in [3.63, 3.8) is 0 Å². The number of methoxy groups -OCH3 is 2. The molecule has 0 aliphatic carbocycles. The Kier molecular flexibility index (Phi) is 4.36. The number of piperazine rings is 1. The third-order valence-electron chi connectivity index (χ3n) is 4.93. The van der Waals surface area contributed by atoms with E-state index in [0.29, 0.717) is 6.04 Å². The van der Waals surface area contributed by atoms with Crippen LogP contribution in [0.15, 0.2) is 18.2 Å². The summed E-state index contributed by atoms with van der Waals surface area (Å²) in [4.78, 5) is 5.24. The number of hydrogen-bond acceptors (Lipinski definition) is 4. The molecule has 1 aromatic rings. The summed E-state index contributed by atoms with van der Waals surface area (Å²) < 4.78 is 10.9. The van der Waals surface area contributed by atoms with Gasteiger partial charge in [0.1, 0.15) is 11.5 Å². The van der Waals surface area contributed by atoms with Crippen LogP contribution in [0.1, 0.15) is 25.3 Å². The second-order valence-electron chi connectivity index (χ2n) is 6.25. The molecule has 116 valence electrons. The van der Waals surface area contributed by atoms with Crippen LogP contribution in [0.3, 0.4) is 0 Å². The van der Waals surface area contributed by atoms with Crippen molar-refractivity contribution < 1.29 is 9.47 Å². The average Bonchev–Trinajstić information content (AvgIpc) is 2.94. The molecule has 0 N–H and O–H groups in total. The molecule has 4 nitrogen and oxygen atoms in total. The molecule has 1 aromatic carbocycles. The predicted octanol–water partition coefficient (Wildman–Crippen LogP) is 2.37. The molecule has 3 rings (SSSR count). The number of benzene rings is 1. The number of fused-ring (bicyclic) bond motifs is 1. The zero-order valence-corrected chi connectivity index (χ0v) is 13.3. The van der Waals surface area contributed by atoms with Gasteiger partial charge in [-0.3, -0.25) is 9.80 Å². The molecule has 2 heterocycles. The maximum atomic E-state index is 5.52. The molecule has 0 unspecified atom stereocenters. The van der Waals surface area contributed by atoms with Crippen molar-refractivity contribution in [1.29, 1.82) is 0 Å². The van der Waals surface area contributed by atoms with E-state index in [9.17, 15) is 0 Å². The van der Waals surface area contributed by atoms with Crippen LogP contribution in [0.5, 0.6) is 11.5 Å². The summed E-state index contributed by atoms with van der Waals surface area (Å²) in [7, 11) is 3.45. The van der Waals surface area contributed by atoms with Gasteiger partial charge in [0, 0.05) is 37.3 Å². The molecule has 2 atom stereocenters. The molecule has 2 saturated heterocycles. The van der Waals surface area contributed by atoms with Gasteiger partial charge in [-0.2, -0.15) is 0 Å². The monoisotopic (exact) mass is 290 g/mol. The Hall–Kier alpha value is -1.26. The topological polar surface area (TPSA) is 24.9 Å². The molecular weight excluding hydrogens is 264 g/mol. The van der Waals surface area contributed by atoms with Crippen molar-refractivity contribution in [2.24, 2.45) is 0 Å². The van der Waals surface area contributed by atoms with E-state index in [2.05, 4.69) is 22.8 Å². The molecule has 0 amide bonds. The van der Waals surface area contributed by atoms with E-state index in [1.807, 2.05) is 12.1 Å². The van der Waals surface area contributed by atoms with Crippen LogP contribution in [-0.4, -0.2) is 55.7 Å². The number of ether oxygens (including phenoxy) is 2. The van der Waals surface area contributed by atoms with Crippen LogP contribution >= 0.6 is 0 Å². The van der Waals surface area contributed by atoms with Crippen molar-refractivity contribution >= 4 is 0 Å². The van der Waals surface area contributed by atoms with E-state index < -0.39 is 0 Å². The first-order valence-corrected chi connectivity index (χ1v) is 7.90. The Labute approximate surface area is 127 Å². The van der Waals surface area contributed by atoms with Gasteiger partial charge in [0.25, 0.3) is 0 Å². The minimum absolute atomic E-state index is 0.593. The highest BCUT2D eigenvalue weighted by Crippen LogP contribution is 2.29. The average molecular weight is 290 g/mol. The smallest absolute Gasteiger partial charge is 0.123 e. The van der Waals surface area contributed by atoms with Crippen LogP contribution in [0.4, 0.5) is 0 Å². The normalized spacial score (nSPS) is 26.6. The van der Waals surface area contributed by atoms with Gasteiger partial charge in [0.2, 0.25) is 0 Å². The third-order valence-corrected chi connectivity index (χ3v) is 4.93. The van der Waals surface area contributed by atoms with Gasteiger partial charge in [0.15, 0.2) is 0 Å². The molecule has 0 saturated carbocycles. The highest BCUT2D eigenvalue weighted by atomic mass is 16.5. The van der Waals surface area contributed by atoms with E-state index in [4.69, 9.17) is 9.47 Å². The Morgan fingerprint density at radius 2 is 2.05 bits per heavy atom. The lowest BCUT2D eigenvalue weighted by atomic mass is 10.1. The number of hydrogen-bond donors (Lipinski definition) is 0. The Morgan fingerprint density at radius 3 is 2.81 bits per heavy atom. The highest BCUT2D eigenvalue weighted by molar-refractivity contribution is 5.40. The maximum absolute atomic E-state index is 5.52. The molecule has 2 aliphatic heterocycles. The first-order valence-electron chi connectivity index (χ1n) is 7.90. The largest absolute Gasteiger partial charge is 0.497 e. The SMILES string of the molecule is COc1ccc(OC)c(CN2C[C@H]3CCCN3C[C@@H]2C)c1. The second-order valence-corrected chi connectivity index (χ2v) is 6.25. The summed E-state index contributed by atoms with van der Waals surface area (Å²) in [6, 6.07) is 7.41. The first kappa shape index (κ1) is 14.7. The van der Waals surface area contributed by atoms with E-state index in [1.54, 1.807) is 14.2 Å². The second kappa shape index (κ2) is 6.24. The molecule has 2 fully saturated rings. The lowest BCUT2D eigenvalue weighted by Crippen LogP contribution is -2.54. The lowest BCUT2D eigenvalue weighted by molar-refractivity contribution is 0.0535. The molecule has 0 spiro atoms. The van der Waals surface area contributed by atoms with Gasteiger partial charge in [-0.25, -0.2) is 0 Å². The van der Waals surface area contributed by atoms with Crippen molar-refractivity contribution in [2.45, 2.75) is 38.4 Å². The van der Waals surface area contributed by atoms with Gasteiger partial charge in [0.05, 0.1) is 14.2 Å². The zero-order chi connectivity index (χ0) is 14.8. The Morgan fingerprint density at radius 1 is 1.19 bits per heavy atom. The minimum Gasteiger partial charge on any atom is -0.497 e. The van der Waals surface area contributed by atoms with Crippen LogP contribution in [0.25, 0.3) is 0 Å². The van der Waals surface area contributed by atoms with Crippen molar-refractivity contribution in [2.75, 3.05) is 33.9 Å². The molecular formula is C17H26N2O2. The predicted molar refractivity (Wildman–Crippen MR) is 84.0 cm³/mol. The van der Waals surface area contributed by atoms with Gasteiger partial charge in [-0.05, 0) is 44.5 Å². The molecule has 0 radical (unpaired) electrons. The first-order chi connectivity index (χ1) is 10.2. The van der Waals surface area contributed by atoms with Crippen LogP contribution in [-0.2, 0) is 6.54 Å². The van der Waals surface area contributed by atoms with Crippen LogP contribution in [0, 0.1) is 0 Å². The number of nitrogens with zero attached hydrogens (tertiary/aromatic N) is 2. The summed E-state index contributed by atoms with van der Waals surface area (Å²) in [6.45, 7) is 6.91. The van der Waals surface area contributed by atoms with E-state index in [1.165, 1.54) is 38.0 Å². The fourth-order valence-electron chi connectivity index (χ4n) is 3.69.